The number of nitrogens with two attached hydrogens (primary N) is 1. The molecule has 2 nitrogen and oxygen atoms in total. The molecular weight excluding hydrogens is 263 g/mol. The molecule has 2 N–H and O–H groups in total. The number of rotatable bonds is 3. The molecule has 0 radical (unpaired) electrons. The molecule has 0 saturated carbocycles. The van der Waals surface area contributed by atoms with E-state index in [1.807, 2.05) is 12.1 Å². The molecule has 1 fully saturated rings. The zero-order chi connectivity index (χ0) is 15.5. The van der Waals surface area contributed by atoms with Gasteiger partial charge in [-0.05, 0) is 61.4 Å². The van der Waals surface area contributed by atoms with Crippen LogP contribution in [0.25, 0.3) is 0 Å². The van der Waals surface area contributed by atoms with Gasteiger partial charge in [-0.1, -0.05) is 32.9 Å². The third kappa shape index (κ3) is 4.27. The van der Waals surface area contributed by atoms with Crippen LogP contribution in [0, 0.1) is 17.2 Å². The SMILES string of the molecule is CC(C)(C)C1CCCN(C(CN)c2ccc(F)cc2)CC1. The summed E-state index contributed by atoms with van der Waals surface area (Å²) in [5.41, 5.74) is 7.52. The van der Waals surface area contributed by atoms with Crippen molar-refractivity contribution in [2.24, 2.45) is 17.1 Å². The van der Waals surface area contributed by atoms with Gasteiger partial charge in [0.25, 0.3) is 0 Å². The third-order valence-electron chi connectivity index (χ3n) is 4.91. The van der Waals surface area contributed by atoms with Crippen molar-refractivity contribution in [3.8, 4) is 0 Å². The first-order valence-corrected chi connectivity index (χ1v) is 8.11. The Bertz CT molecular complexity index is 436. The lowest BCUT2D eigenvalue weighted by atomic mass is 9.77. The maximum Gasteiger partial charge on any atom is 0.123 e. The van der Waals surface area contributed by atoms with Crippen molar-refractivity contribution in [2.45, 2.75) is 46.1 Å². The molecule has 1 aliphatic rings. The smallest absolute Gasteiger partial charge is 0.123 e. The second-order valence-electron chi connectivity index (χ2n) is 7.33. The van der Waals surface area contributed by atoms with Crippen molar-refractivity contribution in [3.05, 3.63) is 35.6 Å². The van der Waals surface area contributed by atoms with Crippen molar-refractivity contribution < 1.29 is 4.39 Å². The minimum absolute atomic E-state index is 0.182. The van der Waals surface area contributed by atoms with Gasteiger partial charge >= 0.3 is 0 Å². The van der Waals surface area contributed by atoms with Crippen molar-refractivity contribution in [3.63, 3.8) is 0 Å². The molecule has 1 aliphatic heterocycles. The molecule has 1 heterocycles. The van der Waals surface area contributed by atoms with E-state index in [0.29, 0.717) is 12.0 Å². The minimum Gasteiger partial charge on any atom is -0.329 e. The number of hydrogen-bond acceptors (Lipinski definition) is 2. The molecule has 118 valence electrons. The fraction of sp³-hybridized carbons (Fsp3) is 0.667. The van der Waals surface area contributed by atoms with E-state index >= 15 is 0 Å². The van der Waals surface area contributed by atoms with Crippen LogP contribution in [-0.4, -0.2) is 24.5 Å². The maximum absolute atomic E-state index is 13.1. The predicted octanol–water partition coefficient (Wildman–Crippen LogP) is 3.97. The molecule has 0 amide bonds. The molecule has 2 atom stereocenters. The Labute approximate surface area is 128 Å². The normalized spacial score (nSPS) is 22.8. The highest BCUT2D eigenvalue weighted by Crippen LogP contribution is 2.35. The van der Waals surface area contributed by atoms with E-state index in [9.17, 15) is 4.39 Å². The summed E-state index contributed by atoms with van der Waals surface area (Å²) < 4.78 is 13.1. The van der Waals surface area contributed by atoms with Gasteiger partial charge in [-0.3, -0.25) is 4.90 Å². The Morgan fingerprint density at radius 2 is 1.86 bits per heavy atom. The van der Waals surface area contributed by atoms with Crippen LogP contribution in [0.15, 0.2) is 24.3 Å². The summed E-state index contributed by atoms with van der Waals surface area (Å²) in [6, 6.07) is 7.03. The van der Waals surface area contributed by atoms with Crippen LogP contribution in [0.5, 0.6) is 0 Å². The Hall–Kier alpha value is -0.930. The van der Waals surface area contributed by atoms with Gasteiger partial charge in [-0.15, -0.1) is 0 Å². The van der Waals surface area contributed by atoms with Gasteiger partial charge in [0, 0.05) is 12.6 Å². The van der Waals surface area contributed by atoms with E-state index in [1.54, 1.807) is 0 Å². The fourth-order valence-electron chi connectivity index (χ4n) is 3.48. The molecule has 0 aliphatic carbocycles. The molecule has 1 aromatic rings. The second-order valence-corrected chi connectivity index (χ2v) is 7.33. The van der Waals surface area contributed by atoms with E-state index in [0.717, 1.165) is 24.6 Å². The molecule has 1 saturated heterocycles. The topological polar surface area (TPSA) is 29.3 Å². The molecule has 0 bridgehead atoms. The van der Waals surface area contributed by atoms with Gasteiger partial charge < -0.3 is 5.73 Å². The summed E-state index contributed by atoms with van der Waals surface area (Å²) in [6.45, 7) is 9.79. The van der Waals surface area contributed by atoms with Crippen molar-refractivity contribution in [2.75, 3.05) is 19.6 Å². The molecular formula is C18H29FN2. The van der Waals surface area contributed by atoms with Crippen molar-refractivity contribution in [1.82, 2.24) is 4.90 Å². The van der Waals surface area contributed by atoms with E-state index in [-0.39, 0.29) is 11.9 Å². The summed E-state index contributed by atoms with van der Waals surface area (Å²) in [5, 5.41) is 0. The van der Waals surface area contributed by atoms with E-state index in [4.69, 9.17) is 5.73 Å². The first kappa shape index (κ1) is 16.4. The average Bonchev–Trinajstić information content (AvgIpc) is 2.67. The highest BCUT2D eigenvalue weighted by molar-refractivity contribution is 5.20. The predicted molar refractivity (Wildman–Crippen MR) is 86.6 cm³/mol. The molecule has 1 aromatic carbocycles. The Kier molecular flexibility index (Phi) is 5.39. The highest BCUT2D eigenvalue weighted by Gasteiger charge is 2.29. The van der Waals surface area contributed by atoms with Crippen LogP contribution < -0.4 is 5.73 Å². The molecule has 2 unspecified atom stereocenters. The lowest BCUT2D eigenvalue weighted by Gasteiger charge is -2.32. The van der Waals surface area contributed by atoms with Gasteiger partial charge in [-0.25, -0.2) is 4.39 Å². The maximum atomic E-state index is 13.1. The number of likely N-dealkylation sites (tertiary alicyclic amines) is 1. The zero-order valence-corrected chi connectivity index (χ0v) is 13.6. The highest BCUT2D eigenvalue weighted by atomic mass is 19.1. The van der Waals surface area contributed by atoms with E-state index in [2.05, 4.69) is 25.7 Å². The molecule has 0 aromatic heterocycles. The summed E-state index contributed by atoms with van der Waals surface area (Å²) in [6.07, 6.45) is 3.74. The number of benzene rings is 1. The lowest BCUT2D eigenvalue weighted by Crippen LogP contribution is -2.35. The van der Waals surface area contributed by atoms with Gasteiger partial charge in [0.15, 0.2) is 0 Å². The van der Waals surface area contributed by atoms with Gasteiger partial charge in [0.2, 0.25) is 0 Å². The van der Waals surface area contributed by atoms with Crippen LogP contribution in [0.4, 0.5) is 4.39 Å². The third-order valence-corrected chi connectivity index (χ3v) is 4.91. The zero-order valence-electron chi connectivity index (χ0n) is 13.6. The van der Waals surface area contributed by atoms with Crippen LogP contribution in [0.2, 0.25) is 0 Å². The summed E-state index contributed by atoms with van der Waals surface area (Å²) in [4.78, 5) is 2.49. The monoisotopic (exact) mass is 292 g/mol. The van der Waals surface area contributed by atoms with E-state index in [1.165, 1.54) is 31.4 Å². The molecule has 21 heavy (non-hydrogen) atoms. The van der Waals surface area contributed by atoms with Crippen LogP contribution in [-0.2, 0) is 0 Å². The molecule has 2 rings (SSSR count). The van der Waals surface area contributed by atoms with Crippen LogP contribution in [0.3, 0.4) is 0 Å². The molecule has 0 spiro atoms. The number of halogens is 1. The summed E-state index contributed by atoms with van der Waals surface area (Å²) >= 11 is 0. The quantitative estimate of drug-likeness (QED) is 0.913. The Balaban J connectivity index is 2.07. The Morgan fingerprint density at radius 1 is 1.19 bits per heavy atom. The molecule has 3 heteroatoms. The van der Waals surface area contributed by atoms with Gasteiger partial charge in [-0.2, -0.15) is 0 Å². The number of hydrogen-bond donors (Lipinski definition) is 1. The lowest BCUT2D eigenvalue weighted by molar-refractivity contribution is 0.185. The van der Waals surface area contributed by atoms with Gasteiger partial charge in [0.05, 0.1) is 0 Å². The van der Waals surface area contributed by atoms with Crippen molar-refractivity contribution >= 4 is 0 Å². The van der Waals surface area contributed by atoms with Gasteiger partial charge in [0.1, 0.15) is 5.82 Å². The number of nitrogens with zero attached hydrogens (tertiary/aromatic N) is 1. The van der Waals surface area contributed by atoms with E-state index < -0.39 is 0 Å². The standard InChI is InChI=1S/C18H29FN2/c1-18(2,3)15-5-4-11-21(12-10-15)17(13-20)14-6-8-16(19)9-7-14/h6-9,15,17H,4-5,10-13,20H2,1-3H3. The first-order valence-electron chi connectivity index (χ1n) is 8.11. The van der Waals surface area contributed by atoms with Crippen LogP contribution >= 0.6 is 0 Å². The second kappa shape index (κ2) is 6.89. The first-order chi connectivity index (χ1) is 9.91. The minimum atomic E-state index is -0.182. The largest absolute Gasteiger partial charge is 0.329 e. The fourth-order valence-corrected chi connectivity index (χ4v) is 3.48. The van der Waals surface area contributed by atoms with Crippen LogP contribution in [0.1, 0.15) is 51.6 Å². The Morgan fingerprint density at radius 3 is 2.43 bits per heavy atom. The van der Waals surface area contributed by atoms with Crippen molar-refractivity contribution in [1.29, 1.82) is 0 Å². The average molecular weight is 292 g/mol. The summed E-state index contributed by atoms with van der Waals surface area (Å²) in [5.74, 6) is 0.590. The summed E-state index contributed by atoms with van der Waals surface area (Å²) in [7, 11) is 0.